The molecule has 0 bridgehead atoms. The molecule has 1 aliphatic rings. The first-order chi connectivity index (χ1) is 10.1. The fourth-order valence-corrected chi connectivity index (χ4v) is 2.48. The molecule has 1 fully saturated rings. The maximum Gasteiger partial charge on any atom is 0.326 e. The fourth-order valence-electron chi connectivity index (χ4n) is 2.48. The second kappa shape index (κ2) is 5.10. The Hall–Kier alpha value is -2.54. The van der Waals surface area contributed by atoms with Crippen LogP contribution in [0.15, 0.2) is 30.5 Å². The minimum atomic E-state index is -1.13. The third-order valence-corrected chi connectivity index (χ3v) is 3.49. The molecular weight excluding hydrogens is 274 g/mol. The summed E-state index contributed by atoms with van der Waals surface area (Å²) in [5.74, 6) is -1.66. The molecule has 2 atom stereocenters. The number of benzene rings is 1. The highest BCUT2D eigenvalue weighted by atomic mass is 16.4. The Morgan fingerprint density at radius 3 is 2.67 bits per heavy atom. The van der Waals surface area contributed by atoms with Crippen LogP contribution in [-0.2, 0) is 4.79 Å². The second-order valence-electron chi connectivity index (χ2n) is 4.95. The van der Waals surface area contributed by atoms with Crippen molar-refractivity contribution in [1.29, 1.82) is 0 Å². The van der Waals surface area contributed by atoms with E-state index in [1.54, 1.807) is 18.2 Å². The van der Waals surface area contributed by atoms with Gasteiger partial charge in [-0.2, -0.15) is 0 Å². The summed E-state index contributed by atoms with van der Waals surface area (Å²) in [6.45, 7) is -0.00962. The van der Waals surface area contributed by atoms with E-state index in [-0.39, 0.29) is 18.7 Å². The van der Waals surface area contributed by atoms with Crippen molar-refractivity contribution in [1.82, 2.24) is 14.9 Å². The van der Waals surface area contributed by atoms with E-state index < -0.39 is 24.0 Å². The normalized spacial score (nSPS) is 21.7. The Kier molecular flexibility index (Phi) is 3.26. The number of para-hydroxylation sites is 2. The van der Waals surface area contributed by atoms with Gasteiger partial charge in [0.05, 0.1) is 23.3 Å². The van der Waals surface area contributed by atoms with E-state index in [0.29, 0.717) is 11.0 Å². The van der Waals surface area contributed by atoms with Gasteiger partial charge < -0.3 is 15.1 Å². The molecular formula is C14H13N3O4. The van der Waals surface area contributed by atoms with Crippen LogP contribution in [0.1, 0.15) is 16.9 Å². The van der Waals surface area contributed by atoms with Crippen molar-refractivity contribution in [3.8, 4) is 0 Å². The lowest BCUT2D eigenvalue weighted by Crippen LogP contribution is -2.41. The Labute approximate surface area is 119 Å². The molecule has 0 radical (unpaired) electrons. The third kappa shape index (κ3) is 2.43. The molecule has 1 aromatic heterocycles. The number of likely N-dealkylation sites (tertiary alicyclic amines) is 1. The van der Waals surface area contributed by atoms with E-state index in [9.17, 15) is 14.7 Å². The van der Waals surface area contributed by atoms with E-state index >= 15 is 0 Å². The number of hydrogen-bond donors (Lipinski definition) is 2. The molecule has 0 unspecified atom stereocenters. The first-order valence-electron chi connectivity index (χ1n) is 6.50. The molecule has 1 aliphatic heterocycles. The van der Waals surface area contributed by atoms with Crippen molar-refractivity contribution in [2.45, 2.75) is 18.6 Å². The maximum absolute atomic E-state index is 12.4. The van der Waals surface area contributed by atoms with Crippen LogP contribution < -0.4 is 0 Å². The van der Waals surface area contributed by atoms with Crippen LogP contribution in [0.2, 0.25) is 0 Å². The molecule has 108 valence electrons. The van der Waals surface area contributed by atoms with Crippen LogP contribution in [0.3, 0.4) is 0 Å². The quantitative estimate of drug-likeness (QED) is 0.822. The number of nitrogens with zero attached hydrogens (tertiary/aromatic N) is 3. The van der Waals surface area contributed by atoms with E-state index in [1.165, 1.54) is 6.20 Å². The van der Waals surface area contributed by atoms with Crippen LogP contribution in [0.25, 0.3) is 11.0 Å². The molecule has 0 spiro atoms. The van der Waals surface area contributed by atoms with E-state index in [2.05, 4.69) is 9.97 Å². The lowest BCUT2D eigenvalue weighted by atomic mass is 10.2. The van der Waals surface area contributed by atoms with E-state index in [0.717, 1.165) is 4.90 Å². The number of aliphatic hydroxyl groups excluding tert-OH is 1. The molecule has 3 rings (SSSR count). The number of β-amino-alcohol motifs (C(OH)–C–C–N with tert-alkyl or cyclic N) is 1. The zero-order valence-corrected chi connectivity index (χ0v) is 11.0. The molecule has 7 nitrogen and oxygen atoms in total. The van der Waals surface area contributed by atoms with Gasteiger partial charge in [-0.15, -0.1) is 0 Å². The second-order valence-corrected chi connectivity index (χ2v) is 4.95. The minimum Gasteiger partial charge on any atom is -0.480 e. The van der Waals surface area contributed by atoms with Crippen LogP contribution in [-0.4, -0.2) is 55.6 Å². The number of carboxylic acids is 1. The van der Waals surface area contributed by atoms with Gasteiger partial charge in [0.15, 0.2) is 0 Å². The highest BCUT2D eigenvalue weighted by Crippen LogP contribution is 2.21. The number of rotatable bonds is 2. The summed E-state index contributed by atoms with van der Waals surface area (Å²) >= 11 is 0. The lowest BCUT2D eigenvalue weighted by Gasteiger charge is -2.20. The maximum atomic E-state index is 12.4. The van der Waals surface area contributed by atoms with E-state index in [1.807, 2.05) is 6.07 Å². The van der Waals surface area contributed by atoms with Gasteiger partial charge in [-0.05, 0) is 12.1 Å². The monoisotopic (exact) mass is 287 g/mol. The highest BCUT2D eigenvalue weighted by Gasteiger charge is 2.39. The summed E-state index contributed by atoms with van der Waals surface area (Å²) < 4.78 is 0. The molecule has 7 heteroatoms. The predicted molar refractivity (Wildman–Crippen MR) is 72.6 cm³/mol. The number of fused-ring (bicyclic) bond motifs is 1. The average Bonchev–Trinajstić information content (AvgIpc) is 2.88. The summed E-state index contributed by atoms with van der Waals surface area (Å²) in [5, 5.41) is 18.7. The molecule has 2 aromatic rings. The Balaban J connectivity index is 1.94. The van der Waals surface area contributed by atoms with Gasteiger partial charge in [0.1, 0.15) is 11.7 Å². The van der Waals surface area contributed by atoms with Gasteiger partial charge in [0.25, 0.3) is 5.91 Å². The SMILES string of the molecule is O=C(O)[C@H]1C[C@@H](O)CN1C(=O)c1cnc2ccccc2n1. The lowest BCUT2D eigenvalue weighted by molar-refractivity contribution is -0.141. The van der Waals surface area contributed by atoms with Crippen LogP contribution in [0.5, 0.6) is 0 Å². The van der Waals surface area contributed by atoms with E-state index in [4.69, 9.17) is 5.11 Å². The predicted octanol–water partition coefficient (Wildman–Crippen LogP) is 0.290. The number of hydrogen-bond acceptors (Lipinski definition) is 5. The third-order valence-electron chi connectivity index (χ3n) is 3.49. The van der Waals surface area contributed by atoms with Crippen molar-refractivity contribution in [3.05, 3.63) is 36.2 Å². The highest BCUT2D eigenvalue weighted by molar-refractivity contribution is 5.96. The number of carboxylic acid groups (broad SMARTS) is 1. The standard InChI is InChI=1S/C14H13N3O4/c18-8-5-12(14(20)21)17(7-8)13(19)11-6-15-9-3-1-2-4-10(9)16-11/h1-4,6,8,12,18H,5,7H2,(H,20,21)/t8-,12-/m1/s1. The molecule has 2 N–H and O–H groups in total. The number of carbonyl (C=O) groups is 2. The number of amides is 1. The van der Waals surface area contributed by atoms with Gasteiger partial charge in [0, 0.05) is 13.0 Å². The van der Waals surface area contributed by atoms with Crippen molar-refractivity contribution in [2.24, 2.45) is 0 Å². The average molecular weight is 287 g/mol. The zero-order chi connectivity index (χ0) is 15.0. The van der Waals surface area contributed by atoms with Crippen molar-refractivity contribution < 1.29 is 19.8 Å². The van der Waals surface area contributed by atoms with Crippen LogP contribution >= 0.6 is 0 Å². The van der Waals surface area contributed by atoms with Gasteiger partial charge >= 0.3 is 5.97 Å². The van der Waals surface area contributed by atoms with Gasteiger partial charge in [0.2, 0.25) is 0 Å². The summed E-state index contributed by atoms with van der Waals surface area (Å²) in [5.41, 5.74) is 1.30. The zero-order valence-electron chi connectivity index (χ0n) is 11.0. The van der Waals surface area contributed by atoms with Crippen LogP contribution in [0, 0.1) is 0 Å². The molecule has 21 heavy (non-hydrogen) atoms. The Morgan fingerprint density at radius 1 is 1.24 bits per heavy atom. The first kappa shape index (κ1) is 13.4. The Bertz CT molecular complexity index is 718. The summed E-state index contributed by atoms with van der Waals surface area (Å²) in [4.78, 5) is 33.0. The van der Waals surface area contributed by atoms with Gasteiger partial charge in [-0.3, -0.25) is 9.78 Å². The molecule has 0 saturated carbocycles. The number of aromatic nitrogens is 2. The molecule has 1 amide bonds. The number of aliphatic hydroxyl groups is 1. The molecule has 2 heterocycles. The van der Waals surface area contributed by atoms with Gasteiger partial charge in [-0.25, -0.2) is 9.78 Å². The summed E-state index contributed by atoms with van der Waals surface area (Å²) in [6, 6.07) is 6.07. The van der Waals surface area contributed by atoms with Gasteiger partial charge in [-0.1, -0.05) is 12.1 Å². The molecule has 1 aromatic carbocycles. The van der Waals surface area contributed by atoms with Crippen LogP contribution in [0.4, 0.5) is 0 Å². The largest absolute Gasteiger partial charge is 0.480 e. The minimum absolute atomic E-state index is 0.00962. The van der Waals surface area contributed by atoms with Crippen molar-refractivity contribution in [2.75, 3.05) is 6.54 Å². The number of carbonyl (C=O) groups excluding carboxylic acids is 1. The summed E-state index contributed by atoms with van der Waals surface area (Å²) in [7, 11) is 0. The number of aliphatic carboxylic acids is 1. The fraction of sp³-hybridized carbons (Fsp3) is 0.286. The smallest absolute Gasteiger partial charge is 0.326 e. The Morgan fingerprint density at radius 2 is 1.95 bits per heavy atom. The van der Waals surface area contributed by atoms with Crippen molar-refractivity contribution in [3.63, 3.8) is 0 Å². The molecule has 0 aliphatic carbocycles. The topological polar surface area (TPSA) is 104 Å². The molecule has 1 saturated heterocycles. The van der Waals surface area contributed by atoms with Crippen molar-refractivity contribution >= 4 is 22.9 Å². The summed E-state index contributed by atoms with van der Waals surface area (Å²) in [6.07, 6.45) is 0.527. The first-order valence-corrected chi connectivity index (χ1v) is 6.50.